The topological polar surface area (TPSA) is 131 Å². The molecule has 1 saturated carbocycles. The van der Waals surface area contributed by atoms with Crippen molar-refractivity contribution in [3.8, 4) is 6.07 Å². The third-order valence-electron chi connectivity index (χ3n) is 4.62. The first-order valence-corrected chi connectivity index (χ1v) is 8.27. The molecule has 2 N–H and O–H groups in total. The number of amides is 2. The summed E-state index contributed by atoms with van der Waals surface area (Å²) in [7, 11) is 0. The minimum absolute atomic E-state index is 0.0471. The molecule has 1 saturated heterocycles. The van der Waals surface area contributed by atoms with Crippen molar-refractivity contribution in [2.75, 3.05) is 13.2 Å². The molecule has 1 aliphatic carbocycles. The molecule has 0 aromatic carbocycles. The average Bonchev–Trinajstić information content (AvgIpc) is 2.83. The normalized spacial score (nSPS) is 23.6. The number of likely N-dealkylation sites (tertiary alicyclic amines) is 1. The Hall–Kier alpha value is -2.69. The Bertz CT molecular complexity index is 648. The van der Waals surface area contributed by atoms with Gasteiger partial charge in [0.25, 0.3) is 0 Å². The Balaban J connectivity index is 1.83. The van der Waals surface area contributed by atoms with Crippen LogP contribution in [0.15, 0.2) is 11.3 Å². The van der Waals surface area contributed by atoms with Crippen LogP contribution in [0.4, 0.5) is 0 Å². The number of hydrogen-bond acceptors (Lipinski definition) is 7. The Morgan fingerprint density at radius 2 is 1.80 bits per heavy atom. The quantitative estimate of drug-likeness (QED) is 0.319. The number of carbonyl (C=O) groups excluding carboxylic acids is 4. The zero-order chi connectivity index (χ0) is 18.6. The van der Waals surface area contributed by atoms with Crippen molar-refractivity contribution in [2.45, 2.75) is 39.0 Å². The summed E-state index contributed by atoms with van der Waals surface area (Å²) in [5, 5.41) is 8.81. The summed E-state index contributed by atoms with van der Waals surface area (Å²) in [4.78, 5) is 49.1. The second-order valence-electron chi connectivity index (χ2n) is 6.33. The van der Waals surface area contributed by atoms with E-state index in [1.165, 1.54) is 6.92 Å². The lowest BCUT2D eigenvalue weighted by molar-refractivity contribution is -0.148. The van der Waals surface area contributed by atoms with Gasteiger partial charge >= 0.3 is 5.97 Å². The summed E-state index contributed by atoms with van der Waals surface area (Å²) < 4.78 is 4.81. The van der Waals surface area contributed by atoms with Crippen LogP contribution in [0.25, 0.3) is 0 Å². The molecule has 2 aliphatic rings. The molecule has 0 aromatic rings. The van der Waals surface area contributed by atoms with Crippen LogP contribution in [0, 0.1) is 23.2 Å². The van der Waals surface area contributed by atoms with Gasteiger partial charge < -0.3 is 10.5 Å². The van der Waals surface area contributed by atoms with Crippen molar-refractivity contribution < 1.29 is 23.9 Å². The molecule has 2 unspecified atom stereocenters. The van der Waals surface area contributed by atoms with E-state index < -0.39 is 18.4 Å². The highest BCUT2D eigenvalue weighted by Gasteiger charge is 2.47. The SMILES string of the molecule is CC(N)=C(C#N)C(=O)COC(=O)CCN1C(=O)C2CCCCC2C1=O. The Labute approximate surface area is 145 Å². The van der Waals surface area contributed by atoms with E-state index in [9.17, 15) is 19.2 Å². The molecule has 2 amide bonds. The Kier molecular flexibility index (Phi) is 5.91. The number of ketones is 1. The largest absolute Gasteiger partial charge is 0.457 e. The van der Waals surface area contributed by atoms with Crippen molar-refractivity contribution in [1.29, 1.82) is 5.26 Å². The van der Waals surface area contributed by atoms with Gasteiger partial charge in [-0.15, -0.1) is 0 Å². The molecule has 1 aliphatic heterocycles. The third kappa shape index (κ3) is 4.05. The number of rotatable bonds is 6. The maximum atomic E-state index is 12.3. The monoisotopic (exact) mass is 347 g/mol. The van der Waals surface area contributed by atoms with Gasteiger partial charge in [-0.2, -0.15) is 5.26 Å². The third-order valence-corrected chi connectivity index (χ3v) is 4.62. The number of nitrogens with zero attached hydrogens (tertiary/aromatic N) is 2. The van der Waals surface area contributed by atoms with Gasteiger partial charge in [-0.25, -0.2) is 0 Å². The predicted octanol–water partition coefficient (Wildman–Crippen LogP) is 0.420. The number of nitriles is 1. The maximum absolute atomic E-state index is 12.3. The summed E-state index contributed by atoms with van der Waals surface area (Å²) in [5.74, 6) is -2.34. The van der Waals surface area contributed by atoms with E-state index in [1.807, 2.05) is 0 Å². The highest BCUT2D eigenvalue weighted by Crippen LogP contribution is 2.37. The molecule has 2 atom stereocenters. The number of Topliss-reactive ketones (excluding diaryl/α,β-unsaturated/α-hetero) is 1. The molecule has 1 heterocycles. The van der Waals surface area contributed by atoms with Gasteiger partial charge in [-0.3, -0.25) is 24.1 Å². The van der Waals surface area contributed by atoms with Crippen molar-refractivity contribution >= 4 is 23.6 Å². The zero-order valence-corrected chi connectivity index (χ0v) is 14.1. The van der Waals surface area contributed by atoms with Crippen molar-refractivity contribution in [3.05, 3.63) is 11.3 Å². The summed E-state index contributed by atoms with van der Waals surface area (Å²) in [6.45, 7) is 0.764. The molecule has 2 fully saturated rings. The number of imide groups is 1. The predicted molar refractivity (Wildman–Crippen MR) is 85.3 cm³/mol. The second-order valence-corrected chi connectivity index (χ2v) is 6.33. The van der Waals surface area contributed by atoms with Crippen LogP contribution in [-0.2, 0) is 23.9 Å². The summed E-state index contributed by atoms with van der Waals surface area (Å²) >= 11 is 0. The van der Waals surface area contributed by atoms with Crippen LogP contribution in [0.2, 0.25) is 0 Å². The van der Waals surface area contributed by atoms with Crippen molar-refractivity contribution in [2.24, 2.45) is 17.6 Å². The molecule has 2 rings (SSSR count). The number of nitrogens with two attached hydrogens (primary N) is 1. The van der Waals surface area contributed by atoms with E-state index in [2.05, 4.69) is 0 Å². The lowest BCUT2D eigenvalue weighted by atomic mass is 9.81. The molecule has 0 aromatic heterocycles. The number of hydrogen-bond donors (Lipinski definition) is 1. The highest BCUT2D eigenvalue weighted by atomic mass is 16.5. The van der Waals surface area contributed by atoms with Crippen LogP contribution in [0.5, 0.6) is 0 Å². The van der Waals surface area contributed by atoms with Gasteiger partial charge in [-0.05, 0) is 19.8 Å². The number of allylic oxidation sites excluding steroid dienone is 1. The summed E-state index contributed by atoms with van der Waals surface area (Å²) in [5.41, 5.74) is 5.20. The van der Waals surface area contributed by atoms with E-state index in [0.29, 0.717) is 12.8 Å². The highest BCUT2D eigenvalue weighted by molar-refractivity contribution is 6.05. The fourth-order valence-corrected chi connectivity index (χ4v) is 3.32. The first-order valence-electron chi connectivity index (χ1n) is 8.27. The lowest BCUT2D eigenvalue weighted by Gasteiger charge is -2.19. The minimum atomic E-state index is -0.712. The van der Waals surface area contributed by atoms with Crippen LogP contribution < -0.4 is 5.73 Å². The van der Waals surface area contributed by atoms with Gasteiger partial charge in [0.15, 0.2) is 6.61 Å². The summed E-state index contributed by atoms with van der Waals surface area (Å²) in [6.07, 6.45) is 3.12. The van der Waals surface area contributed by atoms with E-state index in [1.54, 1.807) is 6.07 Å². The molecule has 25 heavy (non-hydrogen) atoms. The number of fused-ring (bicyclic) bond motifs is 1. The molecule has 8 heteroatoms. The standard InChI is InChI=1S/C17H21N3O5/c1-10(19)13(8-18)14(21)9-25-15(22)6-7-20-16(23)11-4-2-3-5-12(11)17(20)24/h11-12H,2-7,9,19H2,1H3. The van der Waals surface area contributed by atoms with Crippen LogP contribution in [-0.4, -0.2) is 41.6 Å². The first-order chi connectivity index (χ1) is 11.9. The van der Waals surface area contributed by atoms with Crippen molar-refractivity contribution in [3.63, 3.8) is 0 Å². The molecule has 134 valence electrons. The molecule has 0 bridgehead atoms. The molecule has 0 radical (unpaired) electrons. The Morgan fingerprint density at radius 1 is 1.24 bits per heavy atom. The fraction of sp³-hybridized carbons (Fsp3) is 0.588. The van der Waals surface area contributed by atoms with Crippen LogP contribution >= 0.6 is 0 Å². The van der Waals surface area contributed by atoms with Crippen LogP contribution in [0.3, 0.4) is 0 Å². The van der Waals surface area contributed by atoms with Gasteiger partial charge in [0.1, 0.15) is 11.6 Å². The van der Waals surface area contributed by atoms with E-state index in [4.69, 9.17) is 15.7 Å². The van der Waals surface area contributed by atoms with E-state index in [0.717, 1.165) is 17.7 Å². The lowest BCUT2D eigenvalue weighted by Crippen LogP contribution is -2.33. The maximum Gasteiger partial charge on any atom is 0.308 e. The van der Waals surface area contributed by atoms with Crippen LogP contribution in [0.1, 0.15) is 39.0 Å². The molecular weight excluding hydrogens is 326 g/mol. The molecule has 8 nitrogen and oxygen atoms in total. The molecule has 0 spiro atoms. The zero-order valence-electron chi connectivity index (χ0n) is 14.1. The van der Waals surface area contributed by atoms with E-state index in [-0.39, 0.29) is 47.9 Å². The number of ether oxygens (including phenoxy) is 1. The number of esters is 1. The van der Waals surface area contributed by atoms with E-state index >= 15 is 0 Å². The fourth-order valence-electron chi connectivity index (χ4n) is 3.32. The summed E-state index contributed by atoms with van der Waals surface area (Å²) in [6, 6.07) is 1.66. The average molecular weight is 347 g/mol. The minimum Gasteiger partial charge on any atom is -0.457 e. The van der Waals surface area contributed by atoms with Crippen molar-refractivity contribution in [1.82, 2.24) is 4.90 Å². The molecular formula is C17H21N3O5. The van der Waals surface area contributed by atoms with Gasteiger partial charge in [0, 0.05) is 12.2 Å². The van der Waals surface area contributed by atoms with Gasteiger partial charge in [0.2, 0.25) is 17.6 Å². The number of carbonyl (C=O) groups is 4. The smallest absolute Gasteiger partial charge is 0.308 e. The second kappa shape index (κ2) is 7.92. The van der Waals surface area contributed by atoms with Gasteiger partial charge in [-0.1, -0.05) is 12.8 Å². The Morgan fingerprint density at radius 3 is 2.28 bits per heavy atom. The first kappa shape index (κ1) is 18.6. The van der Waals surface area contributed by atoms with Gasteiger partial charge in [0.05, 0.1) is 18.3 Å².